The zero-order chi connectivity index (χ0) is 4.99. The van der Waals surface area contributed by atoms with Gasteiger partial charge in [-0.1, -0.05) is 0 Å². The Morgan fingerprint density at radius 2 is 2.29 bits per heavy atom. The Hall–Kier alpha value is 0.333. The van der Waals surface area contributed by atoms with E-state index in [4.69, 9.17) is 5.26 Å². The van der Waals surface area contributed by atoms with Crippen molar-refractivity contribution in [1.82, 2.24) is 0 Å². The van der Waals surface area contributed by atoms with Crippen molar-refractivity contribution >= 4 is 17.0 Å². The third-order valence-electron chi connectivity index (χ3n) is 0.450. The molecule has 3 heteroatoms. The fraction of sp³-hybridized carbons (Fsp3) is 0.250. The fourth-order valence-corrected chi connectivity index (χ4v) is 0.0527. The first-order valence-electron chi connectivity index (χ1n) is 1.66. The van der Waals surface area contributed by atoms with Crippen LogP contribution in [0.4, 0.5) is 0 Å². The third kappa shape index (κ3) is 6.33. The van der Waals surface area contributed by atoms with Gasteiger partial charge in [0.15, 0.2) is 0 Å². The van der Waals surface area contributed by atoms with E-state index in [1.54, 1.807) is 6.08 Å². The van der Waals surface area contributed by atoms with Crippen LogP contribution in [-0.4, -0.2) is 0 Å². The molecule has 0 spiro atoms. The molecule has 0 aromatic rings. The second-order valence-corrected chi connectivity index (χ2v) is 2.82. The van der Waals surface area contributed by atoms with Crippen molar-refractivity contribution in [2.24, 2.45) is 0 Å². The summed E-state index contributed by atoms with van der Waals surface area (Å²) in [5, 5.41) is 8.04. The summed E-state index contributed by atoms with van der Waals surface area (Å²) in [4.78, 5) is 0. The third-order valence-corrected chi connectivity index (χ3v) is 1.53. The normalized spacial score (nSPS) is 10.4. The van der Waals surface area contributed by atoms with E-state index in [-0.39, 0.29) is 21.5 Å². The molecule has 0 aliphatic rings. The minimum atomic E-state index is 0. The van der Waals surface area contributed by atoms with Gasteiger partial charge in [0.25, 0.3) is 0 Å². The predicted molar refractivity (Wildman–Crippen MR) is 29.9 cm³/mol. The SMILES string of the molecule is Br.C=C[CH]([Zn])C#N. The summed E-state index contributed by atoms with van der Waals surface area (Å²) in [7, 11) is 0. The number of halogens is 1. The van der Waals surface area contributed by atoms with Crippen LogP contribution in [0, 0.1) is 11.3 Å². The molecule has 0 saturated heterocycles. The standard InChI is InChI=1S/C4H4N.BrH.Zn/c1-2-3-4-5;;/h2-3H,1H2;1H;. The molecule has 0 N–H and O–H groups in total. The molecule has 0 aromatic heterocycles. The van der Waals surface area contributed by atoms with Crippen LogP contribution < -0.4 is 0 Å². The molecule has 0 aliphatic heterocycles. The molecule has 0 amide bonds. The van der Waals surface area contributed by atoms with Gasteiger partial charge < -0.3 is 0 Å². The van der Waals surface area contributed by atoms with Crippen LogP contribution >= 0.6 is 17.0 Å². The molecule has 1 atom stereocenters. The van der Waals surface area contributed by atoms with Gasteiger partial charge in [-0.3, -0.25) is 0 Å². The van der Waals surface area contributed by atoms with E-state index in [1.807, 2.05) is 0 Å². The summed E-state index contributed by atoms with van der Waals surface area (Å²) < 4.78 is 0.130. The van der Waals surface area contributed by atoms with Crippen LogP contribution in [0.1, 0.15) is 0 Å². The predicted octanol–water partition coefficient (Wildman–Crippen LogP) is 1.61. The van der Waals surface area contributed by atoms with Gasteiger partial charge in [0.2, 0.25) is 0 Å². The molecule has 0 aliphatic carbocycles. The van der Waals surface area contributed by atoms with Crippen molar-refractivity contribution in [2.45, 2.75) is 4.51 Å². The number of rotatable bonds is 1. The fourth-order valence-electron chi connectivity index (χ4n) is 0.0527. The molecule has 0 rings (SSSR count). The van der Waals surface area contributed by atoms with Crippen molar-refractivity contribution in [1.29, 1.82) is 5.26 Å². The topological polar surface area (TPSA) is 23.8 Å². The van der Waals surface area contributed by atoms with Gasteiger partial charge >= 0.3 is 46.8 Å². The van der Waals surface area contributed by atoms with Crippen molar-refractivity contribution in [3.05, 3.63) is 12.7 Å². The van der Waals surface area contributed by atoms with E-state index >= 15 is 0 Å². The summed E-state index contributed by atoms with van der Waals surface area (Å²) >= 11 is 1.00. The van der Waals surface area contributed by atoms with Gasteiger partial charge in [0, 0.05) is 0 Å². The van der Waals surface area contributed by atoms with Gasteiger partial charge in [0.1, 0.15) is 0 Å². The Labute approximate surface area is 63.8 Å². The zero-order valence-electron chi connectivity index (χ0n) is 3.92. The van der Waals surface area contributed by atoms with Crippen LogP contribution in [0.25, 0.3) is 0 Å². The van der Waals surface area contributed by atoms with Crippen molar-refractivity contribution in [3.8, 4) is 6.07 Å². The number of allylic oxidation sites excluding steroid dienone is 1. The average Bonchev–Trinajstić information content (AvgIpc) is 1.65. The second kappa shape index (κ2) is 6.33. The van der Waals surface area contributed by atoms with Crippen LogP contribution in [0.3, 0.4) is 0 Å². The number of hydrogen-bond acceptors (Lipinski definition) is 1. The quantitative estimate of drug-likeness (QED) is 0.478. The van der Waals surface area contributed by atoms with Gasteiger partial charge in [-0.05, 0) is 0 Å². The summed E-state index contributed by atoms with van der Waals surface area (Å²) in [5.74, 6) is 0. The van der Waals surface area contributed by atoms with Crippen molar-refractivity contribution in [3.63, 3.8) is 0 Å². The molecule has 7 heavy (non-hydrogen) atoms. The summed E-state index contributed by atoms with van der Waals surface area (Å²) in [6.07, 6.45) is 1.67. The van der Waals surface area contributed by atoms with Gasteiger partial charge in [0.05, 0.1) is 0 Å². The van der Waals surface area contributed by atoms with E-state index in [9.17, 15) is 0 Å². The molecular weight excluding hydrogens is 207 g/mol. The van der Waals surface area contributed by atoms with Crippen LogP contribution in [0.15, 0.2) is 12.7 Å². The Balaban J connectivity index is 0. The average molecular weight is 212 g/mol. The van der Waals surface area contributed by atoms with Crippen LogP contribution in [-0.2, 0) is 18.3 Å². The first-order valence-corrected chi connectivity index (χ1v) is 3.38. The molecule has 0 radical (unpaired) electrons. The second-order valence-electron chi connectivity index (χ2n) is 0.971. The molecule has 35 valence electrons. The Bertz CT molecular complexity index is 86.2. The van der Waals surface area contributed by atoms with E-state index < -0.39 is 0 Å². The van der Waals surface area contributed by atoms with Gasteiger partial charge in [-0.25, -0.2) is 0 Å². The maximum atomic E-state index is 8.04. The van der Waals surface area contributed by atoms with Crippen molar-refractivity contribution in [2.75, 3.05) is 0 Å². The maximum absolute atomic E-state index is 8.04. The Morgan fingerprint density at radius 1 is 1.86 bits per heavy atom. The zero-order valence-corrected chi connectivity index (χ0v) is 8.60. The number of nitrogens with zero attached hydrogens (tertiary/aromatic N) is 1. The Kier molecular flexibility index (Phi) is 9.36. The first kappa shape index (κ1) is 10.3. The monoisotopic (exact) mass is 210 g/mol. The van der Waals surface area contributed by atoms with E-state index in [1.165, 1.54) is 0 Å². The molecule has 0 saturated carbocycles. The van der Waals surface area contributed by atoms with Gasteiger partial charge in [-0.15, -0.1) is 17.0 Å². The molecule has 0 bridgehead atoms. The summed E-state index contributed by atoms with van der Waals surface area (Å²) in [5.41, 5.74) is 0. The molecule has 0 heterocycles. The van der Waals surface area contributed by atoms with Crippen molar-refractivity contribution < 1.29 is 18.3 Å². The van der Waals surface area contributed by atoms with Crippen LogP contribution in [0.2, 0.25) is 4.51 Å². The number of hydrogen-bond donors (Lipinski definition) is 0. The van der Waals surface area contributed by atoms with Gasteiger partial charge in [-0.2, -0.15) is 0 Å². The molecule has 0 fully saturated rings. The summed E-state index contributed by atoms with van der Waals surface area (Å²) in [6.45, 7) is 3.44. The Morgan fingerprint density at radius 3 is 2.29 bits per heavy atom. The molecule has 0 aromatic carbocycles. The van der Waals surface area contributed by atoms with E-state index in [2.05, 4.69) is 12.6 Å². The van der Waals surface area contributed by atoms with Crippen LogP contribution in [0.5, 0.6) is 0 Å². The van der Waals surface area contributed by atoms with E-state index in [0.717, 1.165) is 18.3 Å². The molecule has 1 unspecified atom stereocenters. The first-order chi connectivity index (χ1) is 2.81. The minimum absolute atomic E-state index is 0. The number of nitriles is 1. The molecule has 1 nitrogen and oxygen atoms in total. The summed E-state index contributed by atoms with van der Waals surface area (Å²) in [6, 6.07) is 2.05. The molecular formula is C4H5BrNZn. The van der Waals surface area contributed by atoms with E-state index in [0.29, 0.717) is 0 Å².